The van der Waals surface area contributed by atoms with Crippen LogP contribution in [0.4, 0.5) is 0 Å². The SMILES string of the molecule is N#Cc1ccc2c(c1)ncn2CC(=O)NC1CCCCC1. The standard InChI is InChI=1S/C16H18N4O/c17-9-12-6-7-15-14(8-12)18-11-20(15)10-16(21)19-13-4-2-1-3-5-13/h6-8,11,13H,1-5,10H2,(H,19,21). The molecule has 1 aliphatic rings. The quantitative estimate of drug-likeness (QED) is 0.939. The third-order valence-corrected chi connectivity index (χ3v) is 4.03. The Morgan fingerprint density at radius 3 is 2.95 bits per heavy atom. The molecule has 0 bridgehead atoms. The fourth-order valence-corrected chi connectivity index (χ4v) is 2.93. The van der Waals surface area contributed by atoms with Crippen LogP contribution < -0.4 is 5.32 Å². The van der Waals surface area contributed by atoms with E-state index < -0.39 is 0 Å². The summed E-state index contributed by atoms with van der Waals surface area (Å²) in [5.74, 6) is 0.0329. The van der Waals surface area contributed by atoms with Crippen LogP contribution >= 0.6 is 0 Å². The second-order valence-electron chi connectivity index (χ2n) is 5.59. The second kappa shape index (κ2) is 5.96. The highest BCUT2D eigenvalue weighted by atomic mass is 16.2. The van der Waals surface area contributed by atoms with Crippen molar-refractivity contribution in [3.63, 3.8) is 0 Å². The van der Waals surface area contributed by atoms with E-state index in [0.29, 0.717) is 11.6 Å². The predicted octanol–water partition coefficient (Wildman–Crippen LogP) is 2.36. The molecule has 1 fully saturated rings. The van der Waals surface area contributed by atoms with Gasteiger partial charge in [0.25, 0.3) is 0 Å². The summed E-state index contributed by atoms with van der Waals surface area (Å²) in [7, 11) is 0. The van der Waals surface area contributed by atoms with Gasteiger partial charge in [-0.1, -0.05) is 19.3 Å². The van der Waals surface area contributed by atoms with Gasteiger partial charge >= 0.3 is 0 Å². The van der Waals surface area contributed by atoms with Crippen LogP contribution in [0.3, 0.4) is 0 Å². The first kappa shape index (κ1) is 13.6. The van der Waals surface area contributed by atoms with Crippen LogP contribution in [0.25, 0.3) is 11.0 Å². The molecule has 1 aromatic heterocycles. The van der Waals surface area contributed by atoms with Crippen molar-refractivity contribution in [2.75, 3.05) is 0 Å². The third-order valence-electron chi connectivity index (χ3n) is 4.03. The molecule has 0 saturated heterocycles. The van der Waals surface area contributed by atoms with Crippen molar-refractivity contribution in [1.82, 2.24) is 14.9 Å². The molecule has 0 radical (unpaired) electrons. The van der Waals surface area contributed by atoms with E-state index in [2.05, 4.69) is 16.4 Å². The molecule has 0 spiro atoms. The lowest BCUT2D eigenvalue weighted by Gasteiger charge is -2.22. The number of nitrogens with one attached hydrogen (secondary N) is 1. The molecule has 5 heteroatoms. The smallest absolute Gasteiger partial charge is 0.240 e. The third kappa shape index (κ3) is 3.05. The lowest BCUT2D eigenvalue weighted by Crippen LogP contribution is -2.38. The van der Waals surface area contributed by atoms with Gasteiger partial charge in [0.15, 0.2) is 0 Å². The van der Waals surface area contributed by atoms with Gasteiger partial charge in [-0.05, 0) is 31.0 Å². The normalized spacial score (nSPS) is 15.8. The number of imidazole rings is 1. The summed E-state index contributed by atoms with van der Waals surface area (Å²) in [5.41, 5.74) is 2.21. The largest absolute Gasteiger partial charge is 0.352 e. The number of nitriles is 1. The maximum absolute atomic E-state index is 12.1. The molecule has 1 heterocycles. The molecule has 3 rings (SSSR count). The molecule has 1 N–H and O–H groups in total. The summed E-state index contributed by atoms with van der Waals surface area (Å²) in [6.45, 7) is 0.277. The number of aromatic nitrogens is 2. The first-order valence-corrected chi connectivity index (χ1v) is 7.40. The van der Waals surface area contributed by atoms with Crippen molar-refractivity contribution in [3.8, 4) is 6.07 Å². The summed E-state index contributed by atoms with van der Waals surface area (Å²) >= 11 is 0. The van der Waals surface area contributed by atoms with Crippen LogP contribution in [0.5, 0.6) is 0 Å². The van der Waals surface area contributed by atoms with E-state index in [1.54, 1.807) is 18.5 Å². The Hall–Kier alpha value is -2.35. The molecule has 1 aliphatic carbocycles. The molecule has 0 atom stereocenters. The van der Waals surface area contributed by atoms with Crippen LogP contribution in [0.2, 0.25) is 0 Å². The molecule has 108 valence electrons. The van der Waals surface area contributed by atoms with Crippen LogP contribution in [0.1, 0.15) is 37.7 Å². The van der Waals surface area contributed by atoms with Gasteiger partial charge in [0.2, 0.25) is 5.91 Å². The fraction of sp³-hybridized carbons (Fsp3) is 0.438. The first-order valence-electron chi connectivity index (χ1n) is 7.40. The Balaban J connectivity index is 1.69. The van der Waals surface area contributed by atoms with Crippen molar-refractivity contribution in [2.24, 2.45) is 0 Å². The van der Waals surface area contributed by atoms with Crippen LogP contribution in [-0.4, -0.2) is 21.5 Å². The molecule has 1 amide bonds. The second-order valence-corrected chi connectivity index (χ2v) is 5.59. The van der Waals surface area contributed by atoms with E-state index in [9.17, 15) is 4.79 Å². The molecule has 1 saturated carbocycles. The highest BCUT2D eigenvalue weighted by Gasteiger charge is 2.16. The number of amides is 1. The minimum atomic E-state index is 0.0329. The predicted molar refractivity (Wildman–Crippen MR) is 79.5 cm³/mol. The summed E-state index contributed by atoms with van der Waals surface area (Å²) in [4.78, 5) is 16.4. The highest BCUT2D eigenvalue weighted by molar-refractivity contribution is 5.81. The van der Waals surface area contributed by atoms with Crippen molar-refractivity contribution in [1.29, 1.82) is 5.26 Å². The van der Waals surface area contributed by atoms with Gasteiger partial charge in [-0.2, -0.15) is 5.26 Å². The van der Waals surface area contributed by atoms with Crippen molar-refractivity contribution in [3.05, 3.63) is 30.1 Å². The maximum Gasteiger partial charge on any atom is 0.240 e. The molecule has 0 aliphatic heterocycles. The number of fused-ring (bicyclic) bond motifs is 1. The van der Waals surface area contributed by atoms with Gasteiger partial charge in [0, 0.05) is 6.04 Å². The first-order chi connectivity index (χ1) is 10.3. The van der Waals surface area contributed by atoms with Crippen LogP contribution in [-0.2, 0) is 11.3 Å². The van der Waals surface area contributed by atoms with E-state index >= 15 is 0 Å². The Morgan fingerprint density at radius 1 is 1.38 bits per heavy atom. The Bertz CT molecular complexity index is 692. The van der Waals surface area contributed by atoms with Gasteiger partial charge < -0.3 is 9.88 Å². The Labute approximate surface area is 123 Å². The van der Waals surface area contributed by atoms with E-state index in [4.69, 9.17) is 5.26 Å². The molecular formula is C16H18N4O. The van der Waals surface area contributed by atoms with Gasteiger partial charge in [-0.3, -0.25) is 4.79 Å². The summed E-state index contributed by atoms with van der Waals surface area (Å²) in [6, 6.07) is 7.75. The Morgan fingerprint density at radius 2 is 2.19 bits per heavy atom. The lowest BCUT2D eigenvalue weighted by molar-refractivity contribution is -0.122. The van der Waals surface area contributed by atoms with Gasteiger partial charge in [-0.15, -0.1) is 0 Å². The number of benzene rings is 1. The topological polar surface area (TPSA) is 70.7 Å². The van der Waals surface area contributed by atoms with Crippen LogP contribution in [0, 0.1) is 11.3 Å². The summed E-state index contributed by atoms with van der Waals surface area (Å²) in [6.07, 6.45) is 7.52. The highest BCUT2D eigenvalue weighted by Crippen LogP contribution is 2.18. The number of carbonyl (C=O) groups is 1. The lowest BCUT2D eigenvalue weighted by atomic mass is 9.95. The Kier molecular flexibility index (Phi) is 3.87. The fourth-order valence-electron chi connectivity index (χ4n) is 2.93. The molecule has 0 unspecified atom stereocenters. The van der Waals surface area contributed by atoms with Gasteiger partial charge in [0.1, 0.15) is 6.54 Å². The summed E-state index contributed by atoms with van der Waals surface area (Å²) in [5, 5.41) is 12.0. The molecule has 5 nitrogen and oxygen atoms in total. The van der Waals surface area contributed by atoms with Crippen molar-refractivity contribution in [2.45, 2.75) is 44.7 Å². The maximum atomic E-state index is 12.1. The number of hydrogen-bond acceptors (Lipinski definition) is 3. The monoisotopic (exact) mass is 282 g/mol. The van der Waals surface area contributed by atoms with Crippen molar-refractivity contribution < 1.29 is 4.79 Å². The number of nitrogens with zero attached hydrogens (tertiary/aromatic N) is 3. The van der Waals surface area contributed by atoms with Crippen molar-refractivity contribution >= 4 is 16.9 Å². The van der Waals surface area contributed by atoms with E-state index in [1.807, 2.05) is 10.6 Å². The zero-order valence-corrected chi connectivity index (χ0v) is 11.9. The van der Waals surface area contributed by atoms with Crippen LogP contribution in [0.15, 0.2) is 24.5 Å². The molecular weight excluding hydrogens is 264 g/mol. The molecule has 1 aromatic carbocycles. The average Bonchev–Trinajstić information content (AvgIpc) is 2.90. The van der Waals surface area contributed by atoms with Gasteiger partial charge in [-0.25, -0.2) is 4.98 Å². The number of hydrogen-bond donors (Lipinski definition) is 1. The average molecular weight is 282 g/mol. The van der Waals surface area contributed by atoms with E-state index in [-0.39, 0.29) is 12.5 Å². The van der Waals surface area contributed by atoms with Gasteiger partial charge in [0.05, 0.1) is 29.0 Å². The zero-order chi connectivity index (χ0) is 14.7. The minimum absolute atomic E-state index is 0.0329. The zero-order valence-electron chi connectivity index (χ0n) is 11.9. The van der Waals surface area contributed by atoms with E-state index in [0.717, 1.165) is 23.9 Å². The minimum Gasteiger partial charge on any atom is -0.352 e. The number of carbonyl (C=O) groups excluding carboxylic acids is 1. The number of rotatable bonds is 3. The molecule has 21 heavy (non-hydrogen) atoms. The molecule has 2 aromatic rings. The van der Waals surface area contributed by atoms with E-state index in [1.165, 1.54) is 19.3 Å². The summed E-state index contributed by atoms with van der Waals surface area (Å²) < 4.78 is 1.83.